The zero-order valence-corrected chi connectivity index (χ0v) is 13.5. The molecule has 2 heterocycles. The van der Waals surface area contributed by atoms with Gasteiger partial charge in [0.2, 0.25) is 5.91 Å². The molecule has 1 aliphatic heterocycles. The summed E-state index contributed by atoms with van der Waals surface area (Å²) in [4.78, 5) is 29.1. The number of rotatable bonds is 2. The number of nitrogens with zero attached hydrogens (tertiary/aromatic N) is 1. The molecule has 0 saturated carbocycles. The number of carbonyl (C=O) groups is 2. The summed E-state index contributed by atoms with van der Waals surface area (Å²) in [6.07, 6.45) is 2.56. The van der Waals surface area contributed by atoms with E-state index in [2.05, 4.69) is 15.6 Å². The molecular formula is C18H21N3O2. The first-order chi connectivity index (χ1) is 11.0. The van der Waals surface area contributed by atoms with Crippen molar-refractivity contribution in [2.45, 2.75) is 39.2 Å². The van der Waals surface area contributed by atoms with Crippen molar-refractivity contribution < 1.29 is 9.59 Å². The summed E-state index contributed by atoms with van der Waals surface area (Å²) >= 11 is 0. The highest BCUT2D eigenvalue weighted by atomic mass is 16.2. The van der Waals surface area contributed by atoms with Gasteiger partial charge in [-0.3, -0.25) is 14.6 Å². The number of benzene rings is 1. The molecule has 2 N–H and O–H groups in total. The first-order valence-electron chi connectivity index (χ1n) is 8.01. The van der Waals surface area contributed by atoms with Crippen LogP contribution in [0, 0.1) is 13.8 Å². The largest absolute Gasteiger partial charge is 0.354 e. The normalized spacial score (nSPS) is 18.3. The number of amides is 2. The van der Waals surface area contributed by atoms with Crippen LogP contribution in [0.3, 0.4) is 0 Å². The minimum Gasteiger partial charge on any atom is -0.354 e. The molecule has 5 heteroatoms. The van der Waals surface area contributed by atoms with E-state index < -0.39 is 6.04 Å². The van der Waals surface area contributed by atoms with Gasteiger partial charge in [0, 0.05) is 11.9 Å². The third kappa shape index (κ3) is 3.33. The van der Waals surface area contributed by atoms with Crippen molar-refractivity contribution in [3.8, 4) is 0 Å². The molecule has 3 rings (SSSR count). The molecule has 2 amide bonds. The van der Waals surface area contributed by atoms with Crippen LogP contribution >= 0.6 is 0 Å². The van der Waals surface area contributed by atoms with Crippen LogP contribution in [0.1, 0.15) is 40.9 Å². The number of aromatic nitrogens is 1. The Morgan fingerprint density at radius 2 is 2.09 bits per heavy atom. The monoisotopic (exact) mass is 311 g/mol. The molecule has 0 radical (unpaired) electrons. The molecule has 0 unspecified atom stereocenters. The topological polar surface area (TPSA) is 71.1 Å². The number of nitrogens with one attached hydrogen (secondary N) is 2. The average molecular weight is 311 g/mol. The molecule has 2 aromatic rings. The van der Waals surface area contributed by atoms with Gasteiger partial charge in [-0.2, -0.15) is 0 Å². The molecule has 120 valence electrons. The fourth-order valence-corrected chi connectivity index (χ4v) is 2.94. The van der Waals surface area contributed by atoms with Crippen LogP contribution in [-0.4, -0.2) is 29.4 Å². The number of pyridine rings is 1. The molecule has 1 aromatic carbocycles. The summed E-state index contributed by atoms with van der Waals surface area (Å²) in [6.45, 7) is 4.51. The molecule has 5 nitrogen and oxygen atoms in total. The van der Waals surface area contributed by atoms with Crippen molar-refractivity contribution in [3.63, 3.8) is 0 Å². The summed E-state index contributed by atoms with van der Waals surface area (Å²) in [5.74, 6) is -0.335. The van der Waals surface area contributed by atoms with Gasteiger partial charge in [0.15, 0.2) is 0 Å². The van der Waals surface area contributed by atoms with E-state index in [0.717, 1.165) is 29.3 Å². The van der Waals surface area contributed by atoms with E-state index in [1.807, 2.05) is 38.1 Å². The maximum absolute atomic E-state index is 12.6. The van der Waals surface area contributed by atoms with Gasteiger partial charge < -0.3 is 10.6 Å². The first kappa shape index (κ1) is 15.5. The van der Waals surface area contributed by atoms with E-state index in [4.69, 9.17) is 0 Å². The second-order valence-corrected chi connectivity index (χ2v) is 6.13. The van der Waals surface area contributed by atoms with Crippen molar-refractivity contribution in [1.82, 2.24) is 15.6 Å². The molecular weight excluding hydrogens is 290 g/mol. The number of hydrogen-bond donors (Lipinski definition) is 2. The lowest BCUT2D eigenvalue weighted by atomic mass is 10.1. The van der Waals surface area contributed by atoms with Crippen molar-refractivity contribution in [1.29, 1.82) is 0 Å². The Hall–Kier alpha value is -2.43. The number of fused-ring (bicyclic) bond motifs is 1. The Kier molecular flexibility index (Phi) is 4.28. The van der Waals surface area contributed by atoms with Gasteiger partial charge in [0.05, 0.1) is 16.8 Å². The molecule has 0 aliphatic carbocycles. The lowest BCUT2D eigenvalue weighted by molar-refractivity contribution is -0.122. The summed E-state index contributed by atoms with van der Waals surface area (Å²) in [5.41, 5.74) is 3.20. The minimum atomic E-state index is -0.461. The van der Waals surface area contributed by atoms with Gasteiger partial charge in [0.25, 0.3) is 5.91 Å². The van der Waals surface area contributed by atoms with Gasteiger partial charge in [-0.15, -0.1) is 0 Å². The lowest BCUT2D eigenvalue weighted by Crippen LogP contribution is -2.45. The third-order valence-corrected chi connectivity index (χ3v) is 4.25. The number of carbonyl (C=O) groups excluding carboxylic acids is 2. The number of hydrogen-bond acceptors (Lipinski definition) is 3. The lowest BCUT2D eigenvalue weighted by Gasteiger charge is -2.16. The van der Waals surface area contributed by atoms with Gasteiger partial charge in [-0.1, -0.05) is 11.6 Å². The maximum Gasteiger partial charge on any atom is 0.253 e. The van der Waals surface area contributed by atoms with Crippen molar-refractivity contribution >= 4 is 22.7 Å². The van der Waals surface area contributed by atoms with Crippen molar-refractivity contribution in [2.24, 2.45) is 0 Å². The molecule has 1 aliphatic rings. The third-order valence-electron chi connectivity index (χ3n) is 4.25. The smallest absolute Gasteiger partial charge is 0.253 e. The molecule has 1 fully saturated rings. The quantitative estimate of drug-likeness (QED) is 0.893. The Morgan fingerprint density at radius 3 is 2.91 bits per heavy atom. The molecule has 0 bridgehead atoms. The fraction of sp³-hybridized carbons (Fsp3) is 0.389. The van der Waals surface area contributed by atoms with Crippen LogP contribution in [0.15, 0.2) is 24.3 Å². The zero-order chi connectivity index (χ0) is 16.4. The van der Waals surface area contributed by atoms with Gasteiger partial charge in [-0.25, -0.2) is 0 Å². The average Bonchev–Trinajstić information content (AvgIpc) is 2.72. The van der Waals surface area contributed by atoms with Gasteiger partial charge >= 0.3 is 0 Å². The van der Waals surface area contributed by atoms with E-state index in [1.54, 1.807) is 0 Å². The highest BCUT2D eigenvalue weighted by Crippen LogP contribution is 2.18. The van der Waals surface area contributed by atoms with Gasteiger partial charge in [0.1, 0.15) is 6.04 Å². The summed E-state index contributed by atoms with van der Waals surface area (Å²) in [6, 6.07) is 7.37. The summed E-state index contributed by atoms with van der Waals surface area (Å²) < 4.78 is 0. The predicted molar refractivity (Wildman–Crippen MR) is 89.3 cm³/mol. The highest BCUT2D eigenvalue weighted by Gasteiger charge is 2.23. The van der Waals surface area contributed by atoms with Crippen LogP contribution in [0.5, 0.6) is 0 Å². The molecule has 1 atom stereocenters. The van der Waals surface area contributed by atoms with Crippen molar-refractivity contribution in [2.75, 3.05) is 6.54 Å². The Balaban J connectivity index is 1.87. The summed E-state index contributed by atoms with van der Waals surface area (Å²) in [5, 5.41) is 6.62. The Morgan fingerprint density at radius 1 is 1.26 bits per heavy atom. The number of aryl methyl sites for hydroxylation is 2. The van der Waals surface area contributed by atoms with Crippen LogP contribution in [0.2, 0.25) is 0 Å². The van der Waals surface area contributed by atoms with Gasteiger partial charge in [-0.05, 0) is 51.3 Å². The first-order valence-corrected chi connectivity index (χ1v) is 8.01. The fourth-order valence-electron chi connectivity index (χ4n) is 2.94. The minimum absolute atomic E-state index is 0.0990. The SMILES string of the molecule is Cc1ccc2nc(C)c(C(=O)N[C@@H]3CCCCNC3=O)cc2c1. The van der Waals surface area contributed by atoms with E-state index in [-0.39, 0.29) is 11.8 Å². The summed E-state index contributed by atoms with van der Waals surface area (Å²) in [7, 11) is 0. The standard InChI is InChI=1S/C18H21N3O2/c1-11-6-7-15-13(9-11)10-14(12(2)20-15)17(22)21-16-5-3-4-8-19-18(16)23/h6-7,9-10,16H,3-5,8H2,1-2H3,(H,19,23)(H,21,22)/t16-/m1/s1. The molecule has 23 heavy (non-hydrogen) atoms. The van der Waals surface area contributed by atoms with E-state index in [0.29, 0.717) is 24.2 Å². The van der Waals surface area contributed by atoms with E-state index in [9.17, 15) is 9.59 Å². The second-order valence-electron chi connectivity index (χ2n) is 6.13. The Bertz CT molecular complexity index is 770. The molecule has 1 aromatic heterocycles. The van der Waals surface area contributed by atoms with Crippen LogP contribution in [-0.2, 0) is 4.79 Å². The zero-order valence-electron chi connectivity index (χ0n) is 13.5. The van der Waals surface area contributed by atoms with E-state index in [1.165, 1.54) is 0 Å². The van der Waals surface area contributed by atoms with Crippen molar-refractivity contribution in [3.05, 3.63) is 41.1 Å². The van der Waals surface area contributed by atoms with Crippen LogP contribution in [0.25, 0.3) is 10.9 Å². The Labute approximate surface area is 135 Å². The maximum atomic E-state index is 12.6. The highest BCUT2D eigenvalue weighted by molar-refractivity contribution is 6.00. The predicted octanol–water partition coefficient (Wildman–Crippen LogP) is 2.25. The van der Waals surface area contributed by atoms with E-state index >= 15 is 0 Å². The van der Waals surface area contributed by atoms with Crippen LogP contribution < -0.4 is 10.6 Å². The molecule has 1 saturated heterocycles. The van der Waals surface area contributed by atoms with Crippen LogP contribution in [0.4, 0.5) is 0 Å². The second kappa shape index (κ2) is 6.36. The molecule has 0 spiro atoms.